The average molecular weight is 520 g/mol. The van der Waals surface area contributed by atoms with E-state index in [0.29, 0.717) is 16.8 Å². The first-order valence-corrected chi connectivity index (χ1v) is 11.1. The fraction of sp³-hybridized carbons (Fsp3) is 0. The molecular formula is C26H16ClF2N5O3. The first-order chi connectivity index (χ1) is 17.8. The van der Waals surface area contributed by atoms with E-state index < -0.39 is 23.1 Å². The molecule has 11 heteroatoms. The van der Waals surface area contributed by atoms with Gasteiger partial charge in [0.1, 0.15) is 28.1 Å². The molecule has 0 unspecified atom stereocenters. The van der Waals surface area contributed by atoms with Gasteiger partial charge in [0.25, 0.3) is 11.5 Å². The molecule has 3 heterocycles. The number of aromatic nitrogens is 3. The number of anilines is 2. The summed E-state index contributed by atoms with van der Waals surface area (Å²) >= 11 is 6.10. The summed E-state index contributed by atoms with van der Waals surface area (Å²) in [4.78, 5) is 32.8. The van der Waals surface area contributed by atoms with Crippen molar-refractivity contribution < 1.29 is 18.3 Å². The molecule has 3 N–H and O–H groups in total. The summed E-state index contributed by atoms with van der Waals surface area (Å²) in [5, 5.41) is 3.69. The van der Waals surface area contributed by atoms with Crippen molar-refractivity contribution in [3.05, 3.63) is 112 Å². The summed E-state index contributed by atoms with van der Waals surface area (Å²) in [5.74, 6) is -1.98. The molecule has 2 aromatic carbocycles. The van der Waals surface area contributed by atoms with Crippen LogP contribution in [0.5, 0.6) is 11.5 Å². The molecule has 0 spiro atoms. The molecule has 0 atom stereocenters. The Hall–Kier alpha value is -4.83. The number of ether oxygens (including phenoxy) is 1. The second-order valence-electron chi connectivity index (χ2n) is 7.80. The Balaban J connectivity index is 1.47. The molecule has 37 heavy (non-hydrogen) atoms. The predicted molar refractivity (Wildman–Crippen MR) is 135 cm³/mol. The monoisotopic (exact) mass is 519 g/mol. The zero-order chi connectivity index (χ0) is 26.1. The summed E-state index contributed by atoms with van der Waals surface area (Å²) in [5.41, 5.74) is 5.40. The number of pyridine rings is 3. The minimum absolute atomic E-state index is 0.00198. The van der Waals surface area contributed by atoms with E-state index in [1.54, 1.807) is 18.3 Å². The van der Waals surface area contributed by atoms with Crippen LogP contribution in [0.4, 0.5) is 20.3 Å². The largest absolute Gasteiger partial charge is 0.453 e. The summed E-state index contributed by atoms with van der Waals surface area (Å²) in [6.45, 7) is 0. The quantitative estimate of drug-likeness (QED) is 0.313. The van der Waals surface area contributed by atoms with E-state index in [9.17, 15) is 18.4 Å². The number of halogens is 3. The van der Waals surface area contributed by atoms with E-state index in [2.05, 4.69) is 15.3 Å². The maximum atomic E-state index is 14.9. The number of carbonyl (C=O) groups is 1. The van der Waals surface area contributed by atoms with Crippen molar-refractivity contribution in [2.75, 3.05) is 5.32 Å². The van der Waals surface area contributed by atoms with E-state index in [1.165, 1.54) is 59.4 Å². The third kappa shape index (κ3) is 4.69. The van der Waals surface area contributed by atoms with Crippen LogP contribution in [0, 0.1) is 11.6 Å². The number of nitrogens with one attached hydrogen (secondary N) is 1. The second-order valence-corrected chi connectivity index (χ2v) is 8.18. The van der Waals surface area contributed by atoms with Crippen LogP contribution >= 0.6 is 11.6 Å². The Bertz CT molecular complexity index is 1720. The number of amides is 1. The summed E-state index contributed by atoms with van der Waals surface area (Å²) in [6, 6.07) is 14.3. The van der Waals surface area contributed by atoms with Crippen molar-refractivity contribution in [1.82, 2.24) is 14.5 Å². The standard InChI is InChI=1S/C26H16ClF2N5O3/c27-22-20(8-11-31-23(22)24(30)35)37-19-6-3-16(13-18(19)29)33-25-21-14(7-10-32-25)9-12-34(26(21)36)17-4-1-15(28)2-5-17/h1-13H,(H2,30,35)(H,32,33). The zero-order valence-electron chi connectivity index (χ0n) is 18.8. The Morgan fingerprint density at radius 1 is 0.973 bits per heavy atom. The number of hydrogen-bond acceptors (Lipinski definition) is 6. The minimum Gasteiger partial charge on any atom is -0.453 e. The molecule has 5 rings (SSSR count). The molecule has 5 aromatic rings. The van der Waals surface area contributed by atoms with Crippen molar-refractivity contribution in [3.8, 4) is 17.2 Å². The highest BCUT2D eigenvalue weighted by Crippen LogP contribution is 2.33. The van der Waals surface area contributed by atoms with Gasteiger partial charge in [-0.1, -0.05) is 11.6 Å². The van der Waals surface area contributed by atoms with Gasteiger partial charge >= 0.3 is 0 Å². The van der Waals surface area contributed by atoms with E-state index in [1.807, 2.05) is 0 Å². The maximum absolute atomic E-state index is 14.9. The molecule has 3 aromatic heterocycles. The summed E-state index contributed by atoms with van der Waals surface area (Å²) in [6.07, 6.45) is 4.36. The number of rotatable bonds is 6. The normalized spacial score (nSPS) is 10.9. The van der Waals surface area contributed by atoms with E-state index in [-0.39, 0.29) is 33.4 Å². The summed E-state index contributed by atoms with van der Waals surface area (Å²) in [7, 11) is 0. The maximum Gasteiger partial charge on any atom is 0.268 e. The fourth-order valence-electron chi connectivity index (χ4n) is 3.68. The van der Waals surface area contributed by atoms with Gasteiger partial charge in [0, 0.05) is 42.1 Å². The van der Waals surface area contributed by atoms with Crippen molar-refractivity contribution in [2.45, 2.75) is 0 Å². The van der Waals surface area contributed by atoms with Crippen LogP contribution in [-0.4, -0.2) is 20.4 Å². The van der Waals surface area contributed by atoms with Crippen molar-refractivity contribution >= 4 is 39.8 Å². The average Bonchev–Trinajstić information content (AvgIpc) is 2.87. The Morgan fingerprint density at radius 3 is 2.46 bits per heavy atom. The van der Waals surface area contributed by atoms with Gasteiger partial charge in [-0.25, -0.2) is 18.7 Å². The molecule has 0 aliphatic carbocycles. The number of nitrogens with zero attached hydrogens (tertiary/aromatic N) is 3. The molecule has 0 saturated carbocycles. The molecule has 8 nitrogen and oxygen atoms in total. The number of carbonyl (C=O) groups excluding carboxylic acids is 1. The van der Waals surface area contributed by atoms with Crippen LogP contribution in [0.3, 0.4) is 0 Å². The number of benzene rings is 2. The number of nitrogens with two attached hydrogens (primary N) is 1. The molecule has 0 bridgehead atoms. The zero-order valence-corrected chi connectivity index (χ0v) is 19.5. The third-order valence-electron chi connectivity index (χ3n) is 5.43. The van der Waals surface area contributed by atoms with Gasteiger partial charge in [-0.15, -0.1) is 0 Å². The Kier molecular flexibility index (Phi) is 6.24. The number of primary amides is 1. The molecule has 0 saturated heterocycles. The molecule has 0 aliphatic rings. The first kappa shape index (κ1) is 23.9. The molecule has 0 radical (unpaired) electrons. The molecular weight excluding hydrogens is 504 g/mol. The van der Waals surface area contributed by atoms with Crippen molar-refractivity contribution in [2.24, 2.45) is 5.73 Å². The molecule has 0 aliphatic heterocycles. The van der Waals surface area contributed by atoms with Crippen LogP contribution in [0.1, 0.15) is 10.5 Å². The van der Waals surface area contributed by atoms with Gasteiger partial charge in [0.2, 0.25) is 0 Å². The van der Waals surface area contributed by atoms with Gasteiger partial charge in [0.05, 0.1) is 5.39 Å². The number of fused-ring (bicyclic) bond motifs is 1. The minimum atomic E-state index is -0.850. The van der Waals surface area contributed by atoms with Crippen LogP contribution in [0.15, 0.2) is 84.0 Å². The van der Waals surface area contributed by atoms with Crippen molar-refractivity contribution in [3.63, 3.8) is 0 Å². The smallest absolute Gasteiger partial charge is 0.268 e. The first-order valence-electron chi connectivity index (χ1n) is 10.8. The fourth-order valence-corrected chi connectivity index (χ4v) is 3.92. The second kappa shape index (κ2) is 9.67. The third-order valence-corrected chi connectivity index (χ3v) is 5.79. The van der Waals surface area contributed by atoms with E-state index in [4.69, 9.17) is 22.1 Å². The highest BCUT2D eigenvalue weighted by atomic mass is 35.5. The molecule has 1 amide bonds. The SMILES string of the molecule is NC(=O)c1nccc(Oc2ccc(Nc3nccc4ccn(-c5ccc(F)cc5)c(=O)c34)cc2F)c1Cl. The van der Waals surface area contributed by atoms with Gasteiger partial charge < -0.3 is 15.8 Å². The highest BCUT2D eigenvalue weighted by molar-refractivity contribution is 6.34. The predicted octanol–water partition coefficient (Wildman–Crippen LogP) is 5.35. The van der Waals surface area contributed by atoms with Gasteiger partial charge in [-0.05, 0) is 53.9 Å². The van der Waals surface area contributed by atoms with Crippen LogP contribution in [0.2, 0.25) is 5.02 Å². The lowest BCUT2D eigenvalue weighted by atomic mass is 10.2. The van der Waals surface area contributed by atoms with E-state index >= 15 is 0 Å². The Morgan fingerprint density at radius 2 is 1.73 bits per heavy atom. The van der Waals surface area contributed by atoms with E-state index in [0.717, 1.165) is 6.07 Å². The lowest BCUT2D eigenvalue weighted by Crippen LogP contribution is -2.19. The van der Waals surface area contributed by atoms with Gasteiger partial charge in [-0.3, -0.25) is 14.2 Å². The topological polar surface area (TPSA) is 112 Å². The van der Waals surface area contributed by atoms with Crippen LogP contribution < -0.4 is 21.3 Å². The van der Waals surface area contributed by atoms with Gasteiger partial charge in [-0.2, -0.15) is 0 Å². The van der Waals surface area contributed by atoms with Crippen molar-refractivity contribution in [1.29, 1.82) is 0 Å². The van der Waals surface area contributed by atoms with Crippen LogP contribution in [-0.2, 0) is 0 Å². The van der Waals surface area contributed by atoms with Gasteiger partial charge in [0.15, 0.2) is 11.6 Å². The summed E-state index contributed by atoms with van der Waals surface area (Å²) < 4.78 is 35.1. The Labute approximate surface area is 212 Å². The van der Waals surface area contributed by atoms with Crippen LogP contribution in [0.25, 0.3) is 16.5 Å². The molecule has 0 fully saturated rings. The highest BCUT2D eigenvalue weighted by Gasteiger charge is 2.16. The number of hydrogen-bond donors (Lipinski definition) is 2. The molecule has 184 valence electrons. The lowest BCUT2D eigenvalue weighted by molar-refractivity contribution is 0.0995. The lowest BCUT2D eigenvalue weighted by Gasteiger charge is -2.13.